The summed E-state index contributed by atoms with van der Waals surface area (Å²) in [5, 5.41) is 6.92. The lowest BCUT2D eigenvalue weighted by Gasteiger charge is -2.36. The third-order valence-corrected chi connectivity index (χ3v) is 12.0. The number of hydrogen-bond acceptors (Lipinski definition) is 10. The fraction of sp³-hybridized carbons (Fsp3) is 0.649. The minimum absolute atomic E-state index is 0.0262. The quantitative estimate of drug-likeness (QED) is 0.233. The molecular formula is C37H51F3N6O9S. The average molecular weight is 813 g/mol. The molecule has 4 N–H and O–H groups in total. The molecule has 5 atom stereocenters. The van der Waals surface area contributed by atoms with Gasteiger partial charge in [-0.2, -0.15) is 13.2 Å². The van der Waals surface area contributed by atoms with Gasteiger partial charge in [0.15, 0.2) is 0 Å². The summed E-state index contributed by atoms with van der Waals surface area (Å²) in [5.74, 6) is -3.22. The minimum Gasteiger partial charge on any atom is -0.444 e. The van der Waals surface area contributed by atoms with Crippen LogP contribution < -0.4 is 25.6 Å². The van der Waals surface area contributed by atoms with E-state index in [4.69, 9.17) is 9.47 Å². The van der Waals surface area contributed by atoms with E-state index in [0.717, 1.165) is 29.9 Å². The number of amides is 5. The summed E-state index contributed by atoms with van der Waals surface area (Å²) in [6, 6.07) is 0.327. The number of halogens is 3. The molecule has 1 unspecified atom stereocenters. The van der Waals surface area contributed by atoms with E-state index in [-0.39, 0.29) is 25.1 Å². The van der Waals surface area contributed by atoms with E-state index in [9.17, 15) is 45.6 Å². The molecule has 2 aliphatic heterocycles. The zero-order valence-electron chi connectivity index (χ0n) is 32.4. The number of anilines is 2. The van der Waals surface area contributed by atoms with Gasteiger partial charge in [-0.25, -0.2) is 18.0 Å². The Kier molecular flexibility index (Phi) is 11.7. The average Bonchev–Trinajstić information content (AvgIpc) is 3.94. The predicted octanol–water partition coefficient (Wildman–Crippen LogP) is 4.43. The molecule has 2 heterocycles. The summed E-state index contributed by atoms with van der Waals surface area (Å²) >= 11 is 0. The summed E-state index contributed by atoms with van der Waals surface area (Å²) in [6.45, 7) is 14.4. The summed E-state index contributed by atoms with van der Waals surface area (Å²) in [4.78, 5) is 71.2. The van der Waals surface area contributed by atoms with Gasteiger partial charge in [-0.15, -0.1) is 6.58 Å². The Morgan fingerprint density at radius 2 is 1.64 bits per heavy atom. The van der Waals surface area contributed by atoms with Crippen LogP contribution in [0, 0.1) is 11.3 Å². The second-order valence-electron chi connectivity index (χ2n) is 16.9. The lowest BCUT2D eigenvalue weighted by molar-refractivity contribution is -0.143. The fourth-order valence-electron chi connectivity index (χ4n) is 6.97. The number of nitrogens with one attached hydrogen (secondary N) is 4. The first kappa shape index (κ1) is 42.6. The van der Waals surface area contributed by atoms with Gasteiger partial charge in [0.2, 0.25) is 21.8 Å². The maximum atomic E-state index is 14.4. The lowest BCUT2D eigenvalue weighted by Crippen LogP contribution is -2.60. The molecule has 310 valence electrons. The van der Waals surface area contributed by atoms with Crippen molar-refractivity contribution in [1.29, 1.82) is 0 Å². The van der Waals surface area contributed by atoms with Crippen LogP contribution in [0.1, 0.15) is 85.6 Å². The van der Waals surface area contributed by atoms with Crippen LogP contribution in [0.2, 0.25) is 0 Å². The number of alkyl carbamates (subject to hydrolysis) is 1. The third-order valence-electron chi connectivity index (χ3n) is 10.2. The lowest BCUT2D eigenvalue weighted by atomic mass is 9.85. The van der Waals surface area contributed by atoms with Gasteiger partial charge < -0.3 is 29.9 Å². The maximum absolute atomic E-state index is 14.4. The molecule has 56 heavy (non-hydrogen) atoms. The molecule has 19 heteroatoms. The maximum Gasteiger partial charge on any atom is 0.416 e. The van der Waals surface area contributed by atoms with Gasteiger partial charge in [-0.1, -0.05) is 26.8 Å². The SMILES string of the molecule is C=CC1C[C@]1(NC(=O)[C@@H]1C[C@@H](OC(=O)Nc2cc(C(F)(F)F)ccc2N2CCCC2)CN1C(=O)[C@@H](NC(=O)OC(C)(C)C)C(C)(C)C)C(=O)NS(=O)(=O)C1CC1. The highest BCUT2D eigenvalue weighted by Gasteiger charge is 2.62. The Labute approximate surface area is 324 Å². The van der Waals surface area contributed by atoms with Crippen LogP contribution >= 0.6 is 0 Å². The number of sulfonamides is 1. The molecule has 15 nitrogen and oxygen atoms in total. The van der Waals surface area contributed by atoms with Gasteiger partial charge in [0.25, 0.3) is 5.91 Å². The van der Waals surface area contributed by atoms with E-state index in [1.807, 2.05) is 4.90 Å². The Balaban J connectivity index is 1.41. The molecule has 0 spiro atoms. The Morgan fingerprint density at radius 1 is 1.00 bits per heavy atom. The van der Waals surface area contributed by atoms with Crippen molar-refractivity contribution < 1.29 is 55.0 Å². The Morgan fingerprint density at radius 3 is 2.18 bits per heavy atom. The molecule has 1 aromatic carbocycles. The molecular weight excluding hydrogens is 762 g/mol. The Bertz CT molecular complexity index is 1850. The molecule has 2 saturated heterocycles. The van der Waals surface area contributed by atoms with E-state index in [2.05, 4.69) is 27.3 Å². The topological polar surface area (TPSA) is 193 Å². The van der Waals surface area contributed by atoms with E-state index in [1.165, 1.54) is 12.1 Å². The van der Waals surface area contributed by atoms with Crippen LogP contribution in [0.15, 0.2) is 30.9 Å². The van der Waals surface area contributed by atoms with Gasteiger partial charge in [0.1, 0.15) is 29.3 Å². The number of carbonyl (C=O) groups is 5. The van der Waals surface area contributed by atoms with E-state index in [1.54, 1.807) is 41.5 Å². The van der Waals surface area contributed by atoms with Crippen LogP contribution in [0.4, 0.5) is 34.1 Å². The number of alkyl halides is 3. The van der Waals surface area contributed by atoms with Crippen LogP contribution in [-0.2, 0) is 40.1 Å². The van der Waals surface area contributed by atoms with Gasteiger partial charge in [-0.05, 0) is 76.5 Å². The summed E-state index contributed by atoms with van der Waals surface area (Å²) in [5.41, 5.74) is -4.33. The number of likely N-dealkylation sites (tertiary alicyclic amines) is 1. The second-order valence-corrected chi connectivity index (χ2v) is 18.9. The first-order valence-corrected chi connectivity index (χ1v) is 20.1. The third kappa shape index (κ3) is 9.87. The highest BCUT2D eigenvalue weighted by molar-refractivity contribution is 7.91. The zero-order valence-corrected chi connectivity index (χ0v) is 33.2. The van der Waals surface area contributed by atoms with Crippen LogP contribution in [0.5, 0.6) is 0 Å². The normalized spacial score (nSPS) is 24.5. The number of ether oxygens (including phenoxy) is 2. The van der Waals surface area contributed by atoms with Crippen molar-refractivity contribution in [3.05, 3.63) is 36.4 Å². The van der Waals surface area contributed by atoms with Gasteiger partial charge in [0, 0.05) is 25.4 Å². The molecule has 0 bridgehead atoms. The van der Waals surface area contributed by atoms with Crippen LogP contribution in [0.25, 0.3) is 0 Å². The molecule has 0 radical (unpaired) electrons. The smallest absolute Gasteiger partial charge is 0.416 e. The van der Waals surface area contributed by atoms with Crippen molar-refractivity contribution in [1.82, 2.24) is 20.3 Å². The molecule has 5 rings (SSSR count). The van der Waals surface area contributed by atoms with Gasteiger partial charge in [-0.3, -0.25) is 24.4 Å². The standard InChI is InChI=1S/C37H51F3N6O9S/c1-8-21-19-36(21,31(49)44-56(52,53)24-12-13-24)43-29(47)27-18-23(20-46(27)30(48)28(34(2,3)4)42-33(51)55-35(5,6)7)54-32(50)41-25-17-22(37(38,39)40)11-14-26(25)45-15-9-10-16-45/h8,11,14,17,21,23-24,27-28H,1,9-10,12-13,15-16,18-20H2,2-7H3,(H,41,50)(H,42,51)(H,43,47)(H,44,49)/t21?,23-,27+,28-,36-/m1/s1. The second kappa shape index (κ2) is 15.4. The van der Waals surface area contributed by atoms with E-state index < -0.39 is 97.6 Å². The zero-order chi connectivity index (χ0) is 41.6. The highest BCUT2D eigenvalue weighted by Crippen LogP contribution is 2.46. The molecule has 1 aromatic rings. The number of rotatable bonds is 11. The van der Waals surface area contributed by atoms with Gasteiger partial charge in [0.05, 0.1) is 28.7 Å². The molecule has 2 aliphatic carbocycles. The number of benzene rings is 1. The molecule has 0 aromatic heterocycles. The predicted molar refractivity (Wildman–Crippen MR) is 199 cm³/mol. The summed E-state index contributed by atoms with van der Waals surface area (Å²) in [6.07, 6.45) is -4.42. The fourth-order valence-corrected chi connectivity index (χ4v) is 8.33. The van der Waals surface area contributed by atoms with E-state index in [0.29, 0.717) is 31.6 Å². The molecule has 2 saturated carbocycles. The van der Waals surface area contributed by atoms with Crippen molar-refractivity contribution in [3.63, 3.8) is 0 Å². The van der Waals surface area contributed by atoms with Crippen LogP contribution in [-0.4, -0.2) is 97.4 Å². The molecule has 5 amide bonds. The van der Waals surface area contributed by atoms with Crippen molar-refractivity contribution in [2.24, 2.45) is 11.3 Å². The van der Waals surface area contributed by atoms with Crippen molar-refractivity contribution >= 4 is 51.3 Å². The minimum atomic E-state index is -4.70. The van der Waals surface area contributed by atoms with Gasteiger partial charge >= 0.3 is 18.4 Å². The van der Waals surface area contributed by atoms with Crippen molar-refractivity contribution in [3.8, 4) is 0 Å². The van der Waals surface area contributed by atoms with Crippen molar-refractivity contribution in [2.45, 2.75) is 121 Å². The Hall–Kier alpha value is -4.55. The van der Waals surface area contributed by atoms with Crippen LogP contribution in [0.3, 0.4) is 0 Å². The first-order valence-electron chi connectivity index (χ1n) is 18.6. The summed E-state index contributed by atoms with van der Waals surface area (Å²) in [7, 11) is -3.99. The highest BCUT2D eigenvalue weighted by atomic mass is 32.2. The van der Waals surface area contributed by atoms with E-state index >= 15 is 0 Å². The molecule has 4 fully saturated rings. The van der Waals surface area contributed by atoms with Crippen molar-refractivity contribution in [2.75, 3.05) is 29.9 Å². The number of hydrogen-bond donors (Lipinski definition) is 4. The largest absolute Gasteiger partial charge is 0.444 e. The number of nitrogens with zero attached hydrogens (tertiary/aromatic N) is 2. The summed E-state index contributed by atoms with van der Waals surface area (Å²) < 4.78 is 79.5. The monoisotopic (exact) mass is 812 g/mol. The first-order chi connectivity index (χ1) is 25.8. The number of carbonyl (C=O) groups excluding carboxylic acids is 5. The molecule has 4 aliphatic rings.